The van der Waals surface area contributed by atoms with Gasteiger partial charge in [0.15, 0.2) is 0 Å². The zero-order chi connectivity index (χ0) is 9.84. The zero-order valence-electron chi connectivity index (χ0n) is 7.92. The lowest BCUT2D eigenvalue weighted by molar-refractivity contribution is 0.1000. The van der Waals surface area contributed by atoms with Gasteiger partial charge in [0, 0.05) is 17.8 Å². The van der Waals surface area contributed by atoms with E-state index >= 15 is 0 Å². The van der Waals surface area contributed by atoms with Gasteiger partial charge in [-0.05, 0) is 37.6 Å². The highest BCUT2D eigenvalue weighted by molar-refractivity contribution is 5.94. The maximum atomic E-state index is 10.9. The van der Waals surface area contributed by atoms with Crippen molar-refractivity contribution in [1.82, 2.24) is 0 Å². The van der Waals surface area contributed by atoms with E-state index in [9.17, 15) is 4.79 Å². The Kier molecular flexibility index (Phi) is 2.90. The van der Waals surface area contributed by atoms with E-state index in [1.54, 1.807) is 6.07 Å². The summed E-state index contributed by atoms with van der Waals surface area (Å²) in [7, 11) is 0. The zero-order valence-corrected chi connectivity index (χ0v) is 7.92. The van der Waals surface area contributed by atoms with Crippen LogP contribution in [0, 0.1) is 6.92 Å². The summed E-state index contributed by atoms with van der Waals surface area (Å²) in [4.78, 5) is 10.9. The summed E-state index contributed by atoms with van der Waals surface area (Å²) in [6.07, 6.45) is 0. The first-order valence-electron chi connectivity index (χ1n) is 4.29. The van der Waals surface area contributed by atoms with Gasteiger partial charge in [-0.3, -0.25) is 4.79 Å². The Labute approximate surface area is 77.9 Å². The van der Waals surface area contributed by atoms with Crippen LogP contribution in [0.2, 0.25) is 0 Å². The van der Waals surface area contributed by atoms with E-state index in [0.717, 1.165) is 17.8 Å². The number of aryl methyl sites for hydroxylation is 1. The molecule has 3 nitrogen and oxygen atoms in total. The van der Waals surface area contributed by atoms with Gasteiger partial charge in [-0.15, -0.1) is 0 Å². The Morgan fingerprint density at radius 3 is 2.69 bits per heavy atom. The van der Waals surface area contributed by atoms with Crippen molar-refractivity contribution in [1.29, 1.82) is 0 Å². The highest BCUT2D eigenvalue weighted by Gasteiger charge is 2.04. The third-order valence-corrected chi connectivity index (χ3v) is 1.87. The minimum absolute atomic E-state index is 0.374. The lowest BCUT2D eigenvalue weighted by Crippen LogP contribution is -2.12. The van der Waals surface area contributed by atoms with Crippen LogP contribution in [0.15, 0.2) is 18.2 Å². The molecule has 0 aromatic heterocycles. The monoisotopic (exact) mass is 178 g/mol. The van der Waals surface area contributed by atoms with Crippen molar-refractivity contribution >= 4 is 11.6 Å². The second-order valence-corrected chi connectivity index (χ2v) is 2.92. The Balaban J connectivity index is 2.98. The minimum atomic E-state index is -0.374. The molecule has 3 heteroatoms. The van der Waals surface area contributed by atoms with E-state index in [2.05, 4.69) is 5.32 Å². The average Bonchev–Trinajstić information content (AvgIpc) is 2.04. The van der Waals surface area contributed by atoms with E-state index in [-0.39, 0.29) is 5.91 Å². The molecule has 70 valence electrons. The van der Waals surface area contributed by atoms with E-state index < -0.39 is 0 Å². The maximum absolute atomic E-state index is 10.9. The summed E-state index contributed by atoms with van der Waals surface area (Å²) in [5.41, 5.74) is 7.69. The first-order chi connectivity index (χ1) is 6.15. The first-order valence-corrected chi connectivity index (χ1v) is 4.29. The molecule has 3 N–H and O–H groups in total. The standard InChI is InChI=1S/C10H14N2O/c1-3-12-8-4-5-9(10(11)13)7(2)6-8/h4-6,12H,3H2,1-2H3,(H2,11,13). The van der Waals surface area contributed by atoms with E-state index in [1.807, 2.05) is 26.0 Å². The van der Waals surface area contributed by atoms with Gasteiger partial charge >= 0.3 is 0 Å². The molecule has 0 aliphatic heterocycles. The van der Waals surface area contributed by atoms with Crippen LogP contribution < -0.4 is 11.1 Å². The van der Waals surface area contributed by atoms with Crippen molar-refractivity contribution in [2.45, 2.75) is 13.8 Å². The van der Waals surface area contributed by atoms with Gasteiger partial charge in [-0.1, -0.05) is 0 Å². The quantitative estimate of drug-likeness (QED) is 0.737. The van der Waals surface area contributed by atoms with Crippen LogP contribution >= 0.6 is 0 Å². The molecule has 0 unspecified atom stereocenters. The van der Waals surface area contributed by atoms with Crippen LogP contribution in [0.4, 0.5) is 5.69 Å². The highest BCUT2D eigenvalue weighted by atomic mass is 16.1. The smallest absolute Gasteiger partial charge is 0.248 e. The SMILES string of the molecule is CCNc1ccc(C(N)=O)c(C)c1. The normalized spacial score (nSPS) is 9.69. The molecule has 1 amide bonds. The van der Waals surface area contributed by atoms with Gasteiger partial charge in [-0.25, -0.2) is 0 Å². The molecule has 0 radical (unpaired) electrons. The van der Waals surface area contributed by atoms with Crippen molar-refractivity contribution < 1.29 is 4.79 Å². The molecule has 1 aromatic rings. The number of anilines is 1. The van der Waals surface area contributed by atoms with Gasteiger partial charge in [0.1, 0.15) is 0 Å². The number of hydrogen-bond acceptors (Lipinski definition) is 2. The highest BCUT2D eigenvalue weighted by Crippen LogP contribution is 2.14. The molecule has 0 heterocycles. The number of primary amides is 1. The number of carbonyl (C=O) groups excluding carboxylic acids is 1. The van der Waals surface area contributed by atoms with Crippen LogP contribution in [0.5, 0.6) is 0 Å². The van der Waals surface area contributed by atoms with Gasteiger partial charge in [0.25, 0.3) is 0 Å². The third kappa shape index (κ3) is 2.21. The Bertz CT molecular complexity index is 321. The number of carbonyl (C=O) groups is 1. The van der Waals surface area contributed by atoms with E-state index in [4.69, 9.17) is 5.73 Å². The summed E-state index contributed by atoms with van der Waals surface area (Å²) < 4.78 is 0. The second-order valence-electron chi connectivity index (χ2n) is 2.92. The summed E-state index contributed by atoms with van der Waals surface area (Å²) in [6, 6.07) is 5.52. The van der Waals surface area contributed by atoms with Crippen molar-refractivity contribution in [3.63, 3.8) is 0 Å². The Morgan fingerprint density at radius 1 is 1.54 bits per heavy atom. The summed E-state index contributed by atoms with van der Waals surface area (Å²) >= 11 is 0. The molecule has 1 aromatic carbocycles. The van der Waals surface area contributed by atoms with Crippen LogP contribution in [0.1, 0.15) is 22.8 Å². The van der Waals surface area contributed by atoms with Crippen molar-refractivity contribution in [2.24, 2.45) is 5.73 Å². The van der Waals surface area contributed by atoms with Gasteiger partial charge < -0.3 is 11.1 Å². The third-order valence-electron chi connectivity index (χ3n) is 1.87. The molecule has 0 fully saturated rings. The van der Waals surface area contributed by atoms with Crippen molar-refractivity contribution in [3.05, 3.63) is 29.3 Å². The molecule has 0 aliphatic carbocycles. The van der Waals surface area contributed by atoms with E-state index in [0.29, 0.717) is 5.56 Å². The van der Waals surface area contributed by atoms with Crippen LogP contribution in [-0.2, 0) is 0 Å². The average molecular weight is 178 g/mol. The number of rotatable bonds is 3. The second kappa shape index (κ2) is 3.94. The largest absolute Gasteiger partial charge is 0.385 e. The first kappa shape index (κ1) is 9.58. The molecule has 0 spiro atoms. The Morgan fingerprint density at radius 2 is 2.23 bits per heavy atom. The van der Waals surface area contributed by atoms with Crippen LogP contribution in [0.3, 0.4) is 0 Å². The molecule has 0 saturated heterocycles. The number of amides is 1. The molecule has 0 bridgehead atoms. The van der Waals surface area contributed by atoms with Crippen LogP contribution in [0.25, 0.3) is 0 Å². The fraction of sp³-hybridized carbons (Fsp3) is 0.300. The Hall–Kier alpha value is -1.51. The van der Waals surface area contributed by atoms with Crippen molar-refractivity contribution in [3.8, 4) is 0 Å². The summed E-state index contributed by atoms with van der Waals surface area (Å²) in [5, 5.41) is 3.16. The van der Waals surface area contributed by atoms with Crippen LogP contribution in [-0.4, -0.2) is 12.5 Å². The number of hydrogen-bond donors (Lipinski definition) is 2. The lowest BCUT2D eigenvalue weighted by atomic mass is 10.1. The molecule has 0 saturated carbocycles. The predicted octanol–water partition coefficient (Wildman–Crippen LogP) is 1.53. The number of nitrogens with one attached hydrogen (secondary N) is 1. The fourth-order valence-corrected chi connectivity index (χ4v) is 1.25. The molecule has 0 aliphatic rings. The summed E-state index contributed by atoms with van der Waals surface area (Å²) in [5.74, 6) is -0.374. The number of benzene rings is 1. The molecular weight excluding hydrogens is 164 g/mol. The predicted molar refractivity (Wildman–Crippen MR) is 53.9 cm³/mol. The van der Waals surface area contributed by atoms with Gasteiger partial charge in [0.2, 0.25) is 5.91 Å². The van der Waals surface area contributed by atoms with Gasteiger partial charge in [-0.2, -0.15) is 0 Å². The summed E-state index contributed by atoms with van der Waals surface area (Å²) in [6.45, 7) is 4.77. The van der Waals surface area contributed by atoms with E-state index in [1.165, 1.54) is 0 Å². The maximum Gasteiger partial charge on any atom is 0.248 e. The molecule has 1 rings (SSSR count). The molecule has 0 atom stereocenters. The van der Waals surface area contributed by atoms with Crippen molar-refractivity contribution in [2.75, 3.05) is 11.9 Å². The molecule has 13 heavy (non-hydrogen) atoms. The topological polar surface area (TPSA) is 55.1 Å². The lowest BCUT2D eigenvalue weighted by Gasteiger charge is -2.06. The fourth-order valence-electron chi connectivity index (χ4n) is 1.25. The van der Waals surface area contributed by atoms with Gasteiger partial charge in [0.05, 0.1) is 0 Å². The minimum Gasteiger partial charge on any atom is -0.385 e. The number of nitrogens with two attached hydrogens (primary N) is 1. The molecular formula is C10H14N2O.